The lowest BCUT2D eigenvalue weighted by Gasteiger charge is -2.39. The van der Waals surface area contributed by atoms with Crippen molar-refractivity contribution in [2.45, 2.75) is 32.6 Å². The van der Waals surface area contributed by atoms with Crippen molar-refractivity contribution in [1.82, 2.24) is 9.47 Å². The quantitative estimate of drug-likeness (QED) is 0.245. The SMILES string of the molecule is CCOC(=O)C(N1CCN(c2cc3c(cc2F)c(=O)c(C(=O)O)cn3CC)CC1)C(F)(F)F.O=C1c2cccc(c2)N1Cl. The molecule has 3 aromatic rings. The van der Waals surface area contributed by atoms with Gasteiger partial charge in [0, 0.05) is 61.6 Å². The van der Waals surface area contributed by atoms with Crippen LogP contribution in [0.2, 0.25) is 0 Å². The number of aryl methyl sites for hydroxylation is 1. The Balaban J connectivity index is 0.000000353. The number of rotatable bonds is 6. The number of amides is 1. The fourth-order valence-corrected chi connectivity index (χ4v) is 5.18. The number of benzene rings is 2. The number of hydrogen-bond donors (Lipinski definition) is 1. The molecule has 2 aliphatic rings. The number of anilines is 2. The highest BCUT2D eigenvalue weighted by molar-refractivity contribution is 6.41. The third-order valence-electron chi connectivity index (χ3n) is 7.06. The zero-order chi connectivity index (χ0) is 31.6. The fraction of sp³-hybridized carbons (Fsp3) is 0.357. The molecule has 1 unspecified atom stereocenters. The van der Waals surface area contributed by atoms with Crippen LogP contribution in [-0.2, 0) is 16.1 Å². The molecule has 43 heavy (non-hydrogen) atoms. The van der Waals surface area contributed by atoms with E-state index >= 15 is 0 Å². The summed E-state index contributed by atoms with van der Waals surface area (Å²) in [6.07, 6.45) is -3.64. The first-order valence-corrected chi connectivity index (χ1v) is 13.5. The Hall–Kier alpha value is -4.17. The summed E-state index contributed by atoms with van der Waals surface area (Å²) < 4.78 is 62.5. The predicted octanol–water partition coefficient (Wildman–Crippen LogP) is 4.28. The number of halogens is 5. The van der Waals surface area contributed by atoms with Crippen molar-refractivity contribution in [3.8, 4) is 0 Å². The number of carbonyl (C=O) groups is 3. The first kappa shape index (κ1) is 31.8. The van der Waals surface area contributed by atoms with Crippen LogP contribution in [0.4, 0.5) is 28.9 Å². The normalized spacial score (nSPS) is 15.7. The number of carboxylic acid groups (broad SMARTS) is 1. The number of aromatic nitrogens is 1. The lowest BCUT2D eigenvalue weighted by atomic mass is 10.1. The summed E-state index contributed by atoms with van der Waals surface area (Å²) >= 11 is 5.59. The van der Waals surface area contributed by atoms with E-state index in [0.717, 1.165) is 21.1 Å². The van der Waals surface area contributed by atoms with Gasteiger partial charge in [-0.25, -0.2) is 18.4 Å². The smallest absolute Gasteiger partial charge is 0.414 e. The monoisotopic (exact) mass is 626 g/mol. The molecule has 15 heteroatoms. The second kappa shape index (κ2) is 12.6. The maximum absolute atomic E-state index is 14.9. The Kier molecular flexibility index (Phi) is 9.30. The van der Waals surface area contributed by atoms with Gasteiger partial charge in [0.15, 0.2) is 0 Å². The first-order valence-electron chi connectivity index (χ1n) is 13.2. The molecule has 0 saturated carbocycles. The van der Waals surface area contributed by atoms with Crippen molar-refractivity contribution < 1.29 is 41.8 Å². The minimum atomic E-state index is -4.82. The third kappa shape index (κ3) is 6.44. The van der Waals surface area contributed by atoms with Crippen LogP contribution in [0, 0.1) is 5.82 Å². The Morgan fingerprint density at radius 2 is 1.74 bits per heavy atom. The van der Waals surface area contributed by atoms with E-state index in [1.165, 1.54) is 28.7 Å². The van der Waals surface area contributed by atoms with Gasteiger partial charge in [-0.1, -0.05) is 6.07 Å². The molecule has 2 bridgehead atoms. The van der Waals surface area contributed by atoms with E-state index in [1.54, 1.807) is 25.1 Å². The van der Waals surface area contributed by atoms with Crippen molar-refractivity contribution in [2.75, 3.05) is 42.1 Å². The number of fused-ring (bicyclic) bond motifs is 3. The summed E-state index contributed by atoms with van der Waals surface area (Å²) in [5.41, 5.74) is 0.497. The van der Waals surface area contributed by atoms with Gasteiger partial charge in [-0.2, -0.15) is 13.2 Å². The molecule has 10 nitrogen and oxygen atoms in total. The summed E-state index contributed by atoms with van der Waals surface area (Å²) in [5, 5.41) is 9.14. The van der Waals surface area contributed by atoms with Gasteiger partial charge >= 0.3 is 18.1 Å². The summed E-state index contributed by atoms with van der Waals surface area (Å²) in [4.78, 5) is 49.2. The van der Waals surface area contributed by atoms with Crippen LogP contribution in [0.3, 0.4) is 0 Å². The highest BCUT2D eigenvalue weighted by atomic mass is 35.5. The second-order valence-electron chi connectivity index (χ2n) is 9.64. The molecular weight excluding hydrogens is 600 g/mol. The highest BCUT2D eigenvalue weighted by Crippen LogP contribution is 2.30. The van der Waals surface area contributed by atoms with Gasteiger partial charge in [-0.3, -0.25) is 14.5 Å². The number of alkyl halides is 3. The van der Waals surface area contributed by atoms with Gasteiger partial charge in [-0.15, -0.1) is 0 Å². The fourth-order valence-electron chi connectivity index (χ4n) is 4.98. The largest absolute Gasteiger partial charge is 0.477 e. The summed E-state index contributed by atoms with van der Waals surface area (Å²) in [6.45, 7) is 2.93. The van der Waals surface area contributed by atoms with E-state index in [0.29, 0.717) is 17.6 Å². The van der Waals surface area contributed by atoms with E-state index < -0.39 is 41.0 Å². The molecule has 1 atom stereocenters. The Labute approximate surface area is 247 Å². The maximum atomic E-state index is 14.9. The molecule has 1 aromatic heterocycles. The van der Waals surface area contributed by atoms with E-state index in [1.807, 2.05) is 6.07 Å². The van der Waals surface area contributed by atoms with Crippen LogP contribution < -0.4 is 14.7 Å². The van der Waals surface area contributed by atoms with Crippen LogP contribution in [0.5, 0.6) is 0 Å². The lowest BCUT2D eigenvalue weighted by Crippen LogP contribution is -2.58. The standard InChI is InChI=1S/C21H23F4N3O5.C7H4ClNO/c1-3-26-11-13(19(30)31)17(29)12-9-14(22)16(10-15(12)26)27-5-7-28(8-6-27)18(21(23,24)25)20(32)33-4-2;8-9-6-3-1-2-5(4-6)7(9)10/h9-11,18H,3-8H2,1-2H3,(H,30,31);1-4H. The molecule has 0 spiro atoms. The molecule has 0 radical (unpaired) electrons. The van der Waals surface area contributed by atoms with Gasteiger partial charge in [0.2, 0.25) is 11.5 Å². The highest BCUT2D eigenvalue weighted by Gasteiger charge is 2.50. The number of carboxylic acids is 1. The number of esters is 1. The van der Waals surface area contributed by atoms with Gasteiger partial charge in [0.1, 0.15) is 11.4 Å². The van der Waals surface area contributed by atoms with Crippen molar-refractivity contribution in [3.05, 3.63) is 69.8 Å². The maximum Gasteiger partial charge on any atom is 0.414 e. The topological polar surface area (TPSA) is 112 Å². The number of ether oxygens (including phenoxy) is 1. The Bertz CT molecular complexity index is 1620. The molecule has 2 aliphatic heterocycles. The average Bonchev–Trinajstić information content (AvgIpc) is 3.15. The van der Waals surface area contributed by atoms with Gasteiger partial charge in [0.25, 0.3) is 5.91 Å². The van der Waals surface area contributed by atoms with Gasteiger partial charge < -0.3 is 19.3 Å². The molecule has 2 aromatic carbocycles. The average molecular weight is 627 g/mol. The summed E-state index contributed by atoms with van der Waals surface area (Å²) in [5.74, 6) is -3.74. The Morgan fingerprint density at radius 3 is 2.28 bits per heavy atom. The van der Waals surface area contributed by atoms with Crippen LogP contribution in [0.1, 0.15) is 34.6 Å². The number of piperazine rings is 1. The van der Waals surface area contributed by atoms with Crippen molar-refractivity contribution in [1.29, 1.82) is 0 Å². The molecule has 1 N–H and O–H groups in total. The lowest BCUT2D eigenvalue weighted by molar-refractivity contribution is -0.203. The molecule has 1 saturated heterocycles. The van der Waals surface area contributed by atoms with Crippen molar-refractivity contribution >= 4 is 51.9 Å². The predicted molar refractivity (Wildman–Crippen MR) is 150 cm³/mol. The van der Waals surface area contributed by atoms with Gasteiger partial charge in [-0.05, 0) is 44.2 Å². The van der Waals surface area contributed by atoms with E-state index in [4.69, 9.17) is 11.8 Å². The molecule has 1 amide bonds. The minimum absolute atomic E-state index is 0.00201. The molecule has 3 heterocycles. The molecule has 1 fully saturated rings. The number of pyridine rings is 1. The van der Waals surface area contributed by atoms with Crippen molar-refractivity contribution in [3.63, 3.8) is 0 Å². The second-order valence-corrected chi connectivity index (χ2v) is 9.98. The molecule has 5 rings (SSSR count). The van der Waals surface area contributed by atoms with Crippen LogP contribution in [0.15, 0.2) is 47.4 Å². The van der Waals surface area contributed by atoms with Crippen LogP contribution >= 0.6 is 11.8 Å². The zero-order valence-corrected chi connectivity index (χ0v) is 23.8. The van der Waals surface area contributed by atoms with E-state index in [2.05, 4.69) is 4.74 Å². The molecule has 230 valence electrons. The number of carbonyl (C=O) groups excluding carboxylic acids is 2. The number of aromatic carboxylic acids is 1. The molecule has 0 aliphatic carbocycles. The van der Waals surface area contributed by atoms with Crippen LogP contribution in [0.25, 0.3) is 10.9 Å². The number of nitrogens with zero attached hydrogens (tertiary/aromatic N) is 4. The Morgan fingerprint density at radius 1 is 1.07 bits per heavy atom. The van der Waals surface area contributed by atoms with Crippen LogP contribution in [-0.4, -0.2) is 77.4 Å². The first-order chi connectivity index (χ1) is 20.3. The third-order valence-corrected chi connectivity index (χ3v) is 7.41. The zero-order valence-electron chi connectivity index (χ0n) is 23.0. The summed E-state index contributed by atoms with van der Waals surface area (Å²) in [6, 6.07) is 7.05. The molecular formula is C28H27ClF4N4O6. The number of hydrogen-bond acceptors (Lipinski definition) is 7. The summed E-state index contributed by atoms with van der Waals surface area (Å²) in [7, 11) is 0. The van der Waals surface area contributed by atoms with E-state index in [-0.39, 0.29) is 49.8 Å². The van der Waals surface area contributed by atoms with E-state index in [9.17, 15) is 41.8 Å². The minimum Gasteiger partial charge on any atom is -0.477 e. The van der Waals surface area contributed by atoms with Gasteiger partial charge in [0.05, 0.1) is 23.5 Å². The van der Waals surface area contributed by atoms with Crippen molar-refractivity contribution in [2.24, 2.45) is 0 Å².